The Morgan fingerprint density at radius 2 is 2.21 bits per heavy atom. The van der Waals surface area contributed by atoms with Gasteiger partial charge in [0.15, 0.2) is 0 Å². The predicted octanol–water partition coefficient (Wildman–Crippen LogP) is 4.09. The third kappa shape index (κ3) is 4.66. The Labute approximate surface area is 148 Å². The van der Waals surface area contributed by atoms with E-state index >= 15 is 0 Å². The highest BCUT2D eigenvalue weighted by molar-refractivity contribution is 7.13. The van der Waals surface area contributed by atoms with Crippen molar-refractivity contribution in [2.24, 2.45) is 0 Å². The fraction of sp³-hybridized carbons (Fsp3) is 0.235. The number of hydrogen-bond acceptors (Lipinski definition) is 5. The van der Waals surface area contributed by atoms with Gasteiger partial charge in [0.2, 0.25) is 17.6 Å². The Balaban J connectivity index is 1.41. The molecule has 0 aliphatic heterocycles. The maximum Gasteiger partial charge on any atom is 0.246 e. The van der Waals surface area contributed by atoms with Gasteiger partial charge < -0.3 is 9.84 Å². The van der Waals surface area contributed by atoms with Crippen LogP contribution in [-0.2, 0) is 17.8 Å². The summed E-state index contributed by atoms with van der Waals surface area (Å²) >= 11 is 7.48. The Morgan fingerprint density at radius 1 is 1.29 bits per heavy atom. The second-order valence-electron chi connectivity index (χ2n) is 5.25. The third-order valence-corrected chi connectivity index (χ3v) is 4.51. The van der Waals surface area contributed by atoms with Crippen LogP contribution >= 0.6 is 22.9 Å². The molecule has 1 aromatic carbocycles. The number of nitrogens with zero attached hydrogens (tertiary/aromatic N) is 2. The van der Waals surface area contributed by atoms with E-state index in [0.717, 1.165) is 28.3 Å². The van der Waals surface area contributed by atoms with Crippen molar-refractivity contribution in [3.8, 4) is 10.7 Å². The van der Waals surface area contributed by atoms with Crippen molar-refractivity contribution in [1.82, 2.24) is 15.5 Å². The van der Waals surface area contributed by atoms with E-state index in [0.29, 0.717) is 18.1 Å². The minimum absolute atomic E-state index is 0.0344. The third-order valence-electron chi connectivity index (χ3n) is 3.40. The van der Waals surface area contributed by atoms with Crippen LogP contribution < -0.4 is 5.32 Å². The molecule has 124 valence electrons. The molecule has 0 atom stereocenters. The maximum absolute atomic E-state index is 11.9. The minimum Gasteiger partial charge on any atom is -0.347 e. The summed E-state index contributed by atoms with van der Waals surface area (Å²) in [5, 5.41) is 9.37. The van der Waals surface area contributed by atoms with E-state index in [9.17, 15) is 4.79 Å². The Bertz CT molecular complexity index is 802. The number of amides is 1. The molecule has 0 bridgehead atoms. The smallest absolute Gasteiger partial charge is 0.246 e. The van der Waals surface area contributed by atoms with Crippen LogP contribution in [0.4, 0.5) is 0 Å². The molecular formula is C17H16ClN3O2S. The van der Waals surface area contributed by atoms with Crippen LogP contribution in [0.2, 0.25) is 5.02 Å². The number of halogens is 1. The lowest BCUT2D eigenvalue weighted by Crippen LogP contribution is -2.22. The average Bonchev–Trinajstić information content (AvgIpc) is 3.24. The number of benzene rings is 1. The zero-order valence-corrected chi connectivity index (χ0v) is 14.4. The molecule has 2 heterocycles. The van der Waals surface area contributed by atoms with Gasteiger partial charge in [-0.1, -0.05) is 35.0 Å². The monoisotopic (exact) mass is 361 g/mol. The SMILES string of the molecule is O=C(CCCc1cccc(Cl)c1)NCc1nc(-c2cccs2)no1. The normalized spacial score (nSPS) is 10.7. The van der Waals surface area contributed by atoms with Gasteiger partial charge in [0.1, 0.15) is 0 Å². The van der Waals surface area contributed by atoms with Crippen LogP contribution in [0.25, 0.3) is 10.7 Å². The summed E-state index contributed by atoms with van der Waals surface area (Å²) in [6.07, 6.45) is 2.02. The van der Waals surface area contributed by atoms with E-state index in [2.05, 4.69) is 15.5 Å². The number of rotatable bonds is 7. The standard InChI is InChI=1S/C17H16ClN3O2S/c18-13-6-1-4-12(10-13)5-2-8-15(22)19-11-16-20-17(21-23-16)14-7-3-9-24-14/h1,3-4,6-7,9-10H,2,5,8,11H2,(H,19,22). The van der Waals surface area contributed by atoms with E-state index < -0.39 is 0 Å². The van der Waals surface area contributed by atoms with Crippen molar-refractivity contribution in [1.29, 1.82) is 0 Å². The van der Waals surface area contributed by atoms with E-state index in [1.807, 2.05) is 41.8 Å². The Hall–Kier alpha value is -2.18. The summed E-state index contributed by atoms with van der Waals surface area (Å²) in [4.78, 5) is 17.1. The van der Waals surface area contributed by atoms with Crippen molar-refractivity contribution in [2.75, 3.05) is 0 Å². The number of thiophene rings is 1. The first kappa shape index (κ1) is 16.7. The molecule has 0 saturated heterocycles. The number of carbonyl (C=O) groups is 1. The van der Waals surface area contributed by atoms with E-state index in [1.165, 1.54) is 0 Å². The molecule has 1 amide bonds. The lowest BCUT2D eigenvalue weighted by atomic mass is 10.1. The molecule has 2 aromatic heterocycles. The van der Waals surface area contributed by atoms with Gasteiger partial charge in [-0.15, -0.1) is 11.3 Å². The molecule has 1 N–H and O–H groups in total. The van der Waals surface area contributed by atoms with Gasteiger partial charge in [0.25, 0.3) is 0 Å². The molecule has 0 saturated carbocycles. The molecule has 5 nitrogen and oxygen atoms in total. The van der Waals surface area contributed by atoms with Gasteiger partial charge in [-0.2, -0.15) is 4.98 Å². The molecule has 0 aliphatic rings. The number of hydrogen-bond donors (Lipinski definition) is 1. The predicted molar refractivity (Wildman–Crippen MR) is 93.8 cm³/mol. The molecule has 3 rings (SSSR count). The fourth-order valence-corrected chi connectivity index (χ4v) is 3.10. The van der Waals surface area contributed by atoms with E-state index in [4.69, 9.17) is 16.1 Å². The van der Waals surface area contributed by atoms with Gasteiger partial charge >= 0.3 is 0 Å². The van der Waals surface area contributed by atoms with Crippen molar-refractivity contribution in [3.63, 3.8) is 0 Å². The molecule has 0 radical (unpaired) electrons. The van der Waals surface area contributed by atoms with E-state index in [-0.39, 0.29) is 12.5 Å². The summed E-state index contributed by atoms with van der Waals surface area (Å²) in [5.74, 6) is 0.921. The van der Waals surface area contributed by atoms with Gasteiger partial charge in [0.05, 0.1) is 11.4 Å². The van der Waals surface area contributed by atoms with Crippen LogP contribution in [0.3, 0.4) is 0 Å². The summed E-state index contributed by atoms with van der Waals surface area (Å²) < 4.78 is 5.14. The van der Waals surface area contributed by atoms with Gasteiger partial charge in [0, 0.05) is 11.4 Å². The zero-order chi connectivity index (χ0) is 16.8. The minimum atomic E-state index is -0.0344. The van der Waals surface area contributed by atoms with Crippen LogP contribution in [-0.4, -0.2) is 16.0 Å². The zero-order valence-electron chi connectivity index (χ0n) is 12.9. The highest BCUT2D eigenvalue weighted by atomic mass is 35.5. The second kappa shape index (κ2) is 8.08. The number of aromatic nitrogens is 2. The fourth-order valence-electron chi connectivity index (χ4n) is 2.24. The quantitative estimate of drug-likeness (QED) is 0.688. The van der Waals surface area contributed by atoms with Crippen LogP contribution in [0, 0.1) is 0 Å². The molecule has 3 aromatic rings. The number of nitrogens with one attached hydrogen (secondary N) is 1. The van der Waals surface area contributed by atoms with Crippen molar-refractivity contribution < 1.29 is 9.32 Å². The summed E-state index contributed by atoms with van der Waals surface area (Å²) in [6, 6.07) is 11.5. The largest absolute Gasteiger partial charge is 0.347 e. The lowest BCUT2D eigenvalue weighted by Gasteiger charge is -2.03. The van der Waals surface area contributed by atoms with Crippen molar-refractivity contribution in [3.05, 3.63) is 58.3 Å². The lowest BCUT2D eigenvalue weighted by molar-refractivity contribution is -0.121. The van der Waals surface area contributed by atoms with Gasteiger partial charge in [-0.05, 0) is 42.0 Å². The molecular weight excluding hydrogens is 346 g/mol. The number of carbonyl (C=O) groups excluding carboxylic acids is 1. The first-order valence-corrected chi connectivity index (χ1v) is 8.84. The van der Waals surface area contributed by atoms with Crippen molar-refractivity contribution in [2.45, 2.75) is 25.8 Å². The highest BCUT2D eigenvalue weighted by Gasteiger charge is 2.10. The topological polar surface area (TPSA) is 68.0 Å². The summed E-state index contributed by atoms with van der Waals surface area (Å²) in [6.45, 7) is 0.244. The first-order chi connectivity index (χ1) is 11.7. The Morgan fingerprint density at radius 3 is 3.00 bits per heavy atom. The van der Waals surface area contributed by atoms with E-state index in [1.54, 1.807) is 11.3 Å². The molecule has 7 heteroatoms. The molecule has 0 unspecified atom stereocenters. The Kier molecular flexibility index (Phi) is 5.61. The average molecular weight is 362 g/mol. The number of aryl methyl sites for hydroxylation is 1. The van der Waals surface area contributed by atoms with Crippen LogP contribution in [0.15, 0.2) is 46.3 Å². The first-order valence-electron chi connectivity index (χ1n) is 7.58. The molecule has 0 aliphatic carbocycles. The summed E-state index contributed by atoms with van der Waals surface area (Å²) in [5.41, 5.74) is 1.13. The van der Waals surface area contributed by atoms with Gasteiger partial charge in [-0.3, -0.25) is 4.79 Å². The summed E-state index contributed by atoms with van der Waals surface area (Å²) in [7, 11) is 0. The van der Waals surface area contributed by atoms with Crippen LogP contribution in [0.1, 0.15) is 24.3 Å². The second-order valence-corrected chi connectivity index (χ2v) is 6.63. The highest BCUT2D eigenvalue weighted by Crippen LogP contribution is 2.21. The van der Waals surface area contributed by atoms with Crippen molar-refractivity contribution >= 4 is 28.8 Å². The van der Waals surface area contributed by atoms with Crippen LogP contribution in [0.5, 0.6) is 0 Å². The molecule has 0 fully saturated rings. The molecule has 24 heavy (non-hydrogen) atoms. The molecule has 0 spiro atoms. The maximum atomic E-state index is 11.9. The van der Waals surface area contributed by atoms with Gasteiger partial charge in [-0.25, -0.2) is 0 Å².